The molecule has 0 radical (unpaired) electrons. The molecule has 0 aliphatic carbocycles. The van der Waals surface area contributed by atoms with E-state index in [1.54, 1.807) is 0 Å². The fourth-order valence-electron chi connectivity index (χ4n) is 1.28. The van der Waals surface area contributed by atoms with Crippen LogP contribution in [0.3, 0.4) is 0 Å². The monoisotopic (exact) mass is 253 g/mol. The fourth-order valence-corrected chi connectivity index (χ4v) is 1.45. The lowest BCUT2D eigenvalue weighted by molar-refractivity contribution is -0.115. The molecule has 0 bridgehead atoms. The molecule has 0 fully saturated rings. The summed E-state index contributed by atoms with van der Waals surface area (Å²) in [7, 11) is 0. The molecule has 0 aromatic heterocycles. The van der Waals surface area contributed by atoms with Gasteiger partial charge in [0.25, 0.3) is 0 Å². The lowest BCUT2D eigenvalue weighted by Crippen LogP contribution is -2.11. The molecule has 0 spiro atoms. The van der Waals surface area contributed by atoms with Gasteiger partial charge >= 0.3 is 0 Å². The molecule has 17 heavy (non-hydrogen) atoms. The van der Waals surface area contributed by atoms with Crippen LogP contribution in [0.1, 0.15) is 18.4 Å². The lowest BCUT2D eigenvalue weighted by Gasteiger charge is -2.03. The standard InChI is InChI=1S/C13H16ClNO2/c14-9-8-13(17)15-12-6-4-11(5-7-12)3-1-2-10-16/h1,3-7,16H,2,8-10H2,(H,15,17). The summed E-state index contributed by atoms with van der Waals surface area (Å²) in [6, 6.07) is 7.49. The highest BCUT2D eigenvalue weighted by Crippen LogP contribution is 2.11. The second kappa shape index (κ2) is 7.87. The molecule has 92 valence electrons. The fraction of sp³-hybridized carbons (Fsp3) is 0.308. The van der Waals surface area contributed by atoms with Crippen LogP contribution in [0, 0.1) is 0 Å². The highest BCUT2D eigenvalue weighted by atomic mass is 35.5. The first kappa shape index (κ1) is 13.7. The second-order valence-corrected chi connectivity index (χ2v) is 3.90. The molecule has 1 aromatic rings. The van der Waals surface area contributed by atoms with Crippen LogP contribution in [-0.4, -0.2) is 23.5 Å². The zero-order valence-corrected chi connectivity index (χ0v) is 10.3. The number of hydrogen-bond donors (Lipinski definition) is 2. The van der Waals surface area contributed by atoms with Gasteiger partial charge in [-0.1, -0.05) is 24.3 Å². The first-order valence-electron chi connectivity index (χ1n) is 5.49. The first-order chi connectivity index (χ1) is 8.26. The van der Waals surface area contributed by atoms with Gasteiger partial charge in [-0.2, -0.15) is 0 Å². The normalized spacial score (nSPS) is 10.7. The van der Waals surface area contributed by atoms with E-state index in [0.29, 0.717) is 18.7 Å². The van der Waals surface area contributed by atoms with Gasteiger partial charge in [0.05, 0.1) is 0 Å². The van der Waals surface area contributed by atoms with E-state index in [2.05, 4.69) is 5.32 Å². The molecule has 1 aromatic carbocycles. The molecule has 1 rings (SSSR count). The van der Waals surface area contributed by atoms with E-state index in [9.17, 15) is 4.79 Å². The van der Waals surface area contributed by atoms with Gasteiger partial charge in [-0.05, 0) is 24.1 Å². The largest absolute Gasteiger partial charge is 0.396 e. The molecule has 0 atom stereocenters. The summed E-state index contributed by atoms with van der Waals surface area (Å²) >= 11 is 5.47. The molecule has 0 unspecified atom stereocenters. The number of carbonyl (C=O) groups excluding carboxylic acids is 1. The average molecular weight is 254 g/mol. The van der Waals surface area contributed by atoms with Crippen molar-refractivity contribution in [3.05, 3.63) is 35.9 Å². The molecule has 2 N–H and O–H groups in total. The van der Waals surface area contributed by atoms with Crippen molar-refractivity contribution in [2.45, 2.75) is 12.8 Å². The van der Waals surface area contributed by atoms with Gasteiger partial charge in [-0.3, -0.25) is 4.79 Å². The molecule has 0 saturated carbocycles. The number of benzene rings is 1. The molecular weight excluding hydrogens is 238 g/mol. The van der Waals surface area contributed by atoms with E-state index in [-0.39, 0.29) is 12.5 Å². The maximum Gasteiger partial charge on any atom is 0.225 e. The van der Waals surface area contributed by atoms with Crippen LogP contribution in [0.2, 0.25) is 0 Å². The lowest BCUT2D eigenvalue weighted by atomic mass is 10.2. The van der Waals surface area contributed by atoms with E-state index >= 15 is 0 Å². The van der Waals surface area contributed by atoms with Crippen LogP contribution >= 0.6 is 11.6 Å². The van der Waals surface area contributed by atoms with Crippen molar-refractivity contribution >= 4 is 29.3 Å². The predicted molar refractivity (Wildman–Crippen MR) is 71.1 cm³/mol. The number of rotatable bonds is 6. The summed E-state index contributed by atoms with van der Waals surface area (Å²) in [5.74, 6) is 0.247. The summed E-state index contributed by atoms with van der Waals surface area (Å²) in [6.45, 7) is 0.156. The number of nitrogens with one attached hydrogen (secondary N) is 1. The van der Waals surface area contributed by atoms with Crippen molar-refractivity contribution in [3.8, 4) is 0 Å². The van der Waals surface area contributed by atoms with Crippen LogP contribution in [-0.2, 0) is 4.79 Å². The van der Waals surface area contributed by atoms with Crippen molar-refractivity contribution in [2.75, 3.05) is 17.8 Å². The van der Waals surface area contributed by atoms with Gasteiger partial charge < -0.3 is 10.4 Å². The predicted octanol–water partition coefficient (Wildman–Crippen LogP) is 2.65. The topological polar surface area (TPSA) is 49.3 Å². The minimum absolute atomic E-state index is 0.0800. The molecule has 0 saturated heterocycles. The van der Waals surface area contributed by atoms with E-state index in [1.807, 2.05) is 36.4 Å². The Labute approximate surface area is 106 Å². The summed E-state index contributed by atoms with van der Waals surface area (Å²) in [4.78, 5) is 11.3. The Morgan fingerprint density at radius 3 is 2.65 bits per heavy atom. The number of amides is 1. The van der Waals surface area contributed by atoms with Crippen LogP contribution in [0.5, 0.6) is 0 Å². The zero-order valence-electron chi connectivity index (χ0n) is 9.53. The third kappa shape index (κ3) is 5.52. The number of hydrogen-bond acceptors (Lipinski definition) is 2. The van der Waals surface area contributed by atoms with Crippen molar-refractivity contribution in [2.24, 2.45) is 0 Å². The molecule has 1 amide bonds. The Hall–Kier alpha value is -1.32. The van der Waals surface area contributed by atoms with Gasteiger partial charge in [0.15, 0.2) is 0 Å². The maximum absolute atomic E-state index is 11.3. The Morgan fingerprint density at radius 1 is 1.35 bits per heavy atom. The average Bonchev–Trinajstić information content (AvgIpc) is 2.32. The van der Waals surface area contributed by atoms with Gasteiger partial charge in [-0.25, -0.2) is 0 Å². The summed E-state index contributed by atoms with van der Waals surface area (Å²) < 4.78 is 0. The third-order valence-corrected chi connectivity index (χ3v) is 2.31. The minimum atomic E-state index is -0.0800. The number of aliphatic hydroxyl groups is 1. The molecule has 0 aliphatic heterocycles. The minimum Gasteiger partial charge on any atom is -0.396 e. The number of anilines is 1. The van der Waals surface area contributed by atoms with Crippen molar-refractivity contribution in [1.82, 2.24) is 0 Å². The molecular formula is C13H16ClNO2. The Kier molecular flexibility index (Phi) is 6.37. The highest BCUT2D eigenvalue weighted by Gasteiger charge is 2.00. The van der Waals surface area contributed by atoms with Gasteiger partial charge in [-0.15, -0.1) is 11.6 Å². The Morgan fingerprint density at radius 2 is 2.06 bits per heavy atom. The van der Waals surface area contributed by atoms with Crippen molar-refractivity contribution in [3.63, 3.8) is 0 Å². The van der Waals surface area contributed by atoms with Crippen LogP contribution in [0.4, 0.5) is 5.69 Å². The SMILES string of the molecule is O=C(CCCl)Nc1ccc(C=CCCO)cc1. The van der Waals surface area contributed by atoms with Crippen LogP contribution in [0.15, 0.2) is 30.3 Å². The summed E-state index contributed by atoms with van der Waals surface area (Å²) in [5, 5.41) is 11.4. The number of carbonyl (C=O) groups is 1. The first-order valence-corrected chi connectivity index (χ1v) is 6.03. The number of halogens is 1. The van der Waals surface area contributed by atoms with Crippen molar-refractivity contribution in [1.29, 1.82) is 0 Å². The Balaban J connectivity index is 2.52. The second-order valence-electron chi connectivity index (χ2n) is 3.52. The smallest absolute Gasteiger partial charge is 0.225 e. The van der Waals surface area contributed by atoms with Gasteiger partial charge in [0.1, 0.15) is 0 Å². The van der Waals surface area contributed by atoms with Crippen molar-refractivity contribution < 1.29 is 9.90 Å². The zero-order chi connectivity index (χ0) is 12.5. The summed E-state index contributed by atoms with van der Waals surface area (Å²) in [5.41, 5.74) is 1.80. The Bertz CT molecular complexity index is 374. The third-order valence-electron chi connectivity index (χ3n) is 2.12. The van der Waals surface area contributed by atoms with E-state index < -0.39 is 0 Å². The number of aliphatic hydroxyl groups excluding tert-OH is 1. The van der Waals surface area contributed by atoms with Gasteiger partial charge in [0.2, 0.25) is 5.91 Å². The highest BCUT2D eigenvalue weighted by molar-refractivity contribution is 6.19. The summed E-state index contributed by atoms with van der Waals surface area (Å²) in [6.07, 6.45) is 4.80. The van der Waals surface area contributed by atoms with Gasteiger partial charge in [0, 0.05) is 24.6 Å². The van der Waals surface area contributed by atoms with E-state index in [1.165, 1.54) is 0 Å². The van der Waals surface area contributed by atoms with E-state index in [0.717, 1.165) is 11.3 Å². The van der Waals surface area contributed by atoms with Crippen LogP contribution < -0.4 is 5.32 Å². The van der Waals surface area contributed by atoms with Crippen LogP contribution in [0.25, 0.3) is 6.08 Å². The quantitative estimate of drug-likeness (QED) is 0.766. The van der Waals surface area contributed by atoms with E-state index in [4.69, 9.17) is 16.7 Å². The molecule has 0 heterocycles. The maximum atomic E-state index is 11.3. The molecule has 0 aliphatic rings. The molecule has 3 nitrogen and oxygen atoms in total. The number of alkyl halides is 1. The molecule has 4 heteroatoms.